The van der Waals surface area contributed by atoms with Gasteiger partial charge >= 0.3 is 5.97 Å². The molecule has 0 saturated carbocycles. The Morgan fingerprint density at radius 2 is 2.00 bits per heavy atom. The highest BCUT2D eigenvalue weighted by Crippen LogP contribution is 2.31. The third kappa shape index (κ3) is 4.14. The molecule has 6 heteroatoms. The minimum atomic E-state index is -0.668. The van der Waals surface area contributed by atoms with Crippen molar-refractivity contribution < 1.29 is 24.1 Å². The van der Waals surface area contributed by atoms with Crippen LogP contribution in [0.3, 0.4) is 0 Å². The number of aliphatic hydroxyl groups is 1. The molecule has 2 aliphatic heterocycles. The molecule has 0 radical (unpaired) electrons. The molecular weight excluding hydrogens is 250 g/mol. The molecular formula is C13H23NO5. The van der Waals surface area contributed by atoms with Crippen LogP contribution in [0.1, 0.15) is 26.2 Å². The van der Waals surface area contributed by atoms with Crippen LogP contribution in [0.2, 0.25) is 0 Å². The number of carbonyl (C=O) groups is 1. The van der Waals surface area contributed by atoms with Gasteiger partial charge in [0, 0.05) is 32.5 Å². The van der Waals surface area contributed by atoms with Crippen molar-refractivity contribution in [2.45, 2.75) is 38.1 Å². The Labute approximate surface area is 113 Å². The predicted octanol–water partition coefficient (Wildman–Crippen LogP) is 0.139. The molecule has 110 valence electrons. The quantitative estimate of drug-likeness (QED) is 0.719. The number of esters is 1. The number of likely N-dealkylation sites (tertiary alicyclic amines) is 1. The number of aliphatic hydroxyl groups excluding tert-OH is 1. The number of hydrogen-bond acceptors (Lipinski definition) is 6. The van der Waals surface area contributed by atoms with Crippen molar-refractivity contribution in [2.24, 2.45) is 0 Å². The Morgan fingerprint density at radius 3 is 2.58 bits per heavy atom. The molecule has 2 fully saturated rings. The maximum Gasteiger partial charge on any atom is 0.308 e. The van der Waals surface area contributed by atoms with E-state index in [0.717, 1.165) is 25.9 Å². The molecule has 2 heterocycles. The summed E-state index contributed by atoms with van der Waals surface area (Å²) in [6.07, 6.45) is 1.03. The van der Waals surface area contributed by atoms with Crippen LogP contribution in [0.4, 0.5) is 0 Å². The third-order valence-corrected chi connectivity index (χ3v) is 3.61. The number of carbonyl (C=O) groups excluding carboxylic acids is 1. The summed E-state index contributed by atoms with van der Waals surface area (Å²) in [7, 11) is 0. The first-order valence-electron chi connectivity index (χ1n) is 6.97. The second kappa shape index (κ2) is 6.65. The van der Waals surface area contributed by atoms with E-state index in [1.807, 2.05) is 0 Å². The van der Waals surface area contributed by atoms with Crippen LogP contribution in [-0.2, 0) is 19.0 Å². The average Bonchev–Trinajstić information content (AvgIpc) is 2.81. The number of nitrogens with zero attached hydrogens (tertiary/aromatic N) is 1. The average molecular weight is 273 g/mol. The highest BCUT2D eigenvalue weighted by atomic mass is 16.7. The molecule has 0 aliphatic carbocycles. The summed E-state index contributed by atoms with van der Waals surface area (Å²) in [5.74, 6) is -0.728. The third-order valence-electron chi connectivity index (χ3n) is 3.61. The van der Waals surface area contributed by atoms with Gasteiger partial charge in [0.05, 0.1) is 32.3 Å². The zero-order valence-electron chi connectivity index (χ0n) is 11.5. The molecule has 1 N–H and O–H groups in total. The molecule has 19 heavy (non-hydrogen) atoms. The summed E-state index contributed by atoms with van der Waals surface area (Å²) in [4.78, 5) is 13.4. The van der Waals surface area contributed by atoms with Gasteiger partial charge in [0.15, 0.2) is 5.79 Å². The number of β-amino-alcohol motifs (C(OH)–C–C–N with tert-alkyl or cyclic N) is 1. The summed E-state index contributed by atoms with van der Waals surface area (Å²) in [5.41, 5.74) is 0. The van der Waals surface area contributed by atoms with Gasteiger partial charge in [-0.05, 0) is 6.92 Å². The fraction of sp³-hybridized carbons (Fsp3) is 0.923. The topological polar surface area (TPSA) is 68.2 Å². The van der Waals surface area contributed by atoms with E-state index in [1.54, 1.807) is 6.92 Å². The van der Waals surface area contributed by atoms with E-state index in [4.69, 9.17) is 14.2 Å². The minimum Gasteiger partial charge on any atom is -0.466 e. The molecule has 0 aromatic heterocycles. The lowest BCUT2D eigenvalue weighted by Gasteiger charge is -2.38. The van der Waals surface area contributed by atoms with Gasteiger partial charge in [0.2, 0.25) is 0 Å². The van der Waals surface area contributed by atoms with Crippen LogP contribution < -0.4 is 0 Å². The summed E-state index contributed by atoms with van der Waals surface area (Å²) in [5, 5.41) is 9.85. The first-order chi connectivity index (χ1) is 9.13. The normalized spacial score (nSPS) is 24.5. The van der Waals surface area contributed by atoms with Gasteiger partial charge in [-0.3, -0.25) is 4.79 Å². The smallest absolute Gasteiger partial charge is 0.308 e. The highest BCUT2D eigenvalue weighted by molar-refractivity contribution is 5.69. The van der Waals surface area contributed by atoms with Gasteiger partial charge in [0.25, 0.3) is 0 Å². The summed E-state index contributed by atoms with van der Waals surface area (Å²) < 4.78 is 16.1. The van der Waals surface area contributed by atoms with Gasteiger partial charge in [-0.2, -0.15) is 0 Å². The van der Waals surface area contributed by atoms with Crippen LogP contribution >= 0.6 is 0 Å². The lowest BCUT2D eigenvalue weighted by atomic mass is 10.0. The van der Waals surface area contributed by atoms with Crippen LogP contribution in [0.25, 0.3) is 0 Å². The van der Waals surface area contributed by atoms with Gasteiger partial charge in [-0.15, -0.1) is 0 Å². The lowest BCUT2D eigenvalue weighted by molar-refractivity contribution is -0.186. The Bertz CT molecular complexity index is 293. The zero-order chi connectivity index (χ0) is 13.7. The molecule has 1 atom stereocenters. The zero-order valence-corrected chi connectivity index (χ0v) is 11.5. The molecule has 1 spiro atoms. The minimum absolute atomic E-state index is 0.0580. The van der Waals surface area contributed by atoms with Gasteiger partial charge in [-0.25, -0.2) is 0 Å². The second-order valence-electron chi connectivity index (χ2n) is 5.07. The van der Waals surface area contributed by atoms with E-state index in [-0.39, 0.29) is 18.2 Å². The van der Waals surface area contributed by atoms with E-state index in [0.29, 0.717) is 26.4 Å². The second-order valence-corrected chi connectivity index (χ2v) is 5.07. The van der Waals surface area contributed by atoms with Gasteiger partial charge in [-0.1, -0.05) is 0 Å². The van der Waals surface area contributed by atoms with Gasteiger partial charge in [0.1, 0.15) is 0 Å². The van der Waals surface area contributed by atoms with E-state index in [9.17, 15) is 9.90 Å². The van der Waals surface area contributed by atoms with Crippen LogP contribution in [-0.4, -0.2) is 67.3 Å². The monoisotopic (exact) mass is 273 g/mol. The summed E-state index contributed by atoms with van der Waals surface area (Å²) in [6, 6.07) is 0. The first kappa shape index (κ1) is 14.7. The Kier molecular flexibility index (Phi) is 5.15. The molecule has 0 aromatic rings. The Balaban J connectivity index is 1.68. The van der Waals surface area contributed by atoms with E-state index < -0.39 is 6.10 Å². The molecule has 2 rings (SSSR count). The van der Waals surface area contributed by atoms with E-state index in [2.05, 4.69) is 4.90 Å². The SMILES string of the molecule is CCOC(=O)CC(O)CN1CCC2(CC1)OCCO2. The van der Waals surface area contributed by atoms with E-state index >= 15 is 0 Å². The van der Waals surface area contributed by atoms with Crippen molar-refractivity contribution >= 4 is 5.97 Å². The molecule has 1 unspecified atom stereocenters. The predicted molar refractivity (Wildman–Crippen MR) is 67.6 cm³/mol. The largest absolute Gasteiger partial charge is 0.466 e. The van der Waals surface area contributed by atoms with Crippen LogP contribution in [0, 0.1) is 0 Å². The molecule has 6 nitrogen and oxygen atoms in total. The van der Waals surface area contributed by atoms with Crippen molar-refractivity contribution in [3.05, 3.63) is 0 Å². The molecule has 2 aliphatic rings. The van der Waals surface area contributed by atoms with Crippen molar-refractivity contribution in [2.75, 3.05) is 39.5 Å². The molecule has 0 aromatic carbocycles. The maximum atomic E-state index is 11.3. The summed E-state index contributed by atoms with van der Waals surface area (Å²) >= 11 is 0. The first-order valence-corrected chi connectivity index (χ1v) is 6.97. The standard InChI is InChI=1S/C13H23NO5/c1-2-17-12(16)9-11(15)10-14-5-3-13(4-6-14)18-7-8-19-13/h11,15H,2-10H2,1H3. The number of rotatable bonds is 5. The maximum absolute atomic E-state index is 11.3. The van der Waals surface area contributed by atoms with Crippen LogP contribution in [0.15, 0.2) is 0 Å². The number of hydrogen-bond donors (Lipinski definition) is 1. The molecule has 0 bridgehead atoms. The molecule has 0 amide bonds. The Morgan fingerprint density at radius 1 is 1.37 bits per heavy atom. The lowest BCUT2D eigenvalue weighted by Crippen LogP contribution is -2.47. The van der Waals surface area contributed by atoms with E-state index in [1.165, 1.54) is 0 Å². The fourth-order valence-electron chi connectivity index (χ4n) is 2.64. The molecule has 2 saturated heterocycles. The highest BCUT2D eigenvalue weighted by Gasteiger charge is 2.39. The summed E-state index contributed by atoms with van der Waals surface area (Å²) in [6.45, 7) is 5.59. The van der Waals surface area contributed by atoms with Crippen molar-refractivity contribution in [1.29, 1.82) is 0 Å². The van der Waals surface area contributed by atoms with Crippen molar-refractivity contribution in [3.8, 4) is 0 Å². The Hall–Kier alpha value is -0.690. The van der Waals surface area contributed by atoms with Crippen LogP contribution in [0.5, 0.6) is 0 Å². The van der Waals surface area contributed by atoms with Crippen molar-refractivity contribution in [1.82, 2.24) is 4.90 Å². The number of ether oxygens (including phenoxy) is 3. The van der Waals surface area contributed by atoms with Crippen molar-refractivity contribution in [3.63, 3.8) is 0 Å². The number of piperidine rings is 1. The fourth-order valence-corrected chi connectivity index (χ4v) is 2.64. The van der Waals surface area contributed by atoms with Gasteiger partial charge < -0.3 is 24.2 Å².